The van der Waals surface area contributed by atoms with Crippen LogP contribution >= 0.6 is 23.1 Å². The Morgan fingerprint density at radius 3 is 2.65 bits per heavy atom. The number of amides is 2. The number of anilines is 2. The van der Waals surface area contributed by atoms with Gasteiger partial charge in [-0.05, 0) is 43.7 Å². The number of hydrogen-bond acceptors (Lipinski definition) is 6. The van der Waals surface area contributed by atoms with Crippen LogP contribution in [-0.2, 0) is 9.59 Å². The molecule has 1 aliphatic carbocycles. The smallest absolute Gasteiger partial charge is 0.234 e. The number of carbonyl (C=O) groups excluding carboxylic acids is 2. The van der Waals surface area contributed by atoms with Crippen LogP contribution in [0.3, 0.4) is 0 Å². The van der Waals surface area contributed by atoms with Gasteiger partial charge >= 0.3 is 0 Å². The van der Waals surface area contributed by atoms with E-state index < -0.39 is 17.5 Å². The van der Waals surface area contributed by atoms with Crippen LogP contribution in [0.1, 0.15) is 51.9 Å². The van der Waals surface area contributed by atoms with Gasteiger partial charge in [-0.1, -0.05) is 49.3 Å². The van der Waals surface area contributed by atoms with Gasteiger partial charge in [0.15, 0.2) is 4.34 Å². The number of unbranched alkanes of at least 4 members (excludes halogenated alkanes) is 1. The van der Waals surface area contributed by atoms with E-state index in [4.69, 9.17) is 0 Å². The lowest BCUT2D eigenvalue weighted by molar-refractivity contribution is -0.121. The molecule has 3 rings (SSSR count). The van der Waals surface area contributed by atoms with Gasteiger partial charge in [0, 0.05) is 12.0 Å². The molecule has 0 aliphatic heterocycles. The number of nitrogens with zero attached hydrogens (tertiary/aromatic N) is 2. The van der Waals surface area contributed by atoms with Gasteiger partial charge in [0.2, 0.25) is 16.9 Å². The number of rotatable bonds is 9. The van der Waals surface area contributed by atoms with E-state index in [1.807, 2.05) is 0 Å². The number of thioether (sulfide) groups is 1. The van der Waals surface area contributed by atoms with Gasteiger partial charge in [-0.15, -0.1) is 10.2 Å². The summed E-state index contributed by atoms with van der Waals surface area (Å²) < 4.78 is 27.1. The largest absolute Gasteiger partial charge is 0.323 e. The fourth-order valence-corrected chi connectivity index (χ4v) is 5.19. The fraction of sp³-hybridized carbons (Fsp3) is 0.524. The maximum Gasteiger partial charge on any atom is 0.234 e. The Hall–Kier alpha value is -2.07. The van der Waals surface area contributed by atoms with E-state index in [0.717, 1.165) is 49.4 Å². The Bertz CT molecular complexity index is 901. The van der Waals surface area contributed by atoms with Gasteiger partial charge in [0.25, 0.3) is 0 Å². The standard InChI is InChI=1S/C21H26F2N4O2S2/c1-2-3-4-13-5-7-14(8-6-13)19(29)25-20-26-27-21(31-20)30-12-18(28)24-17-10-9-15(22)11-16(17)23/h9-11,13-14H,2-8,12H2,1H3,(H,24,28)(H,25,26,29). The van der Waals surface area contributed by atoms with E-state index in [1.165, 1.54) is 36.7 Å². The summed E-state index contributed by atoms with van der Waals surface area (Å²) in [6, 6.07) is 2.95. The van der Waals surface area contributed by atoms with Crippen molar-refractivity contribution >= 4 is 45.7 Å². The second-order valence-corrected chi connectivity index (χ2v) is 9.88. The predicted octanol–water partition coefficient (Wildman–Crippen LogP) is 5.48. The number of carbonyl (C=O) groups is 2. The Morgan fingerprint density at radius 2 is 1.94 bits per heavy atom. The molecule has 168 valence electrons. The van der Waals surface area contributed by atoms with Crippen LogP contribution in [0, 0.1) is 23.5 Å². The first-order valence-corrected chi connectivity index (χ1v) is 12.3. The average Bonchev–Trinajstić information content (AvgIpc) is 3.20. The monoisotopic (exact) mass is 468 g/mol. The lowest BCUT2D eigenvalue weighted by Gasteiger charge is -2.27. The van der Waals surface area contributed by atoms with Crippen LogP contribution in [0.15, 0.2) is 22.5 Å². The van der Waals surface area contributed by atoms with Crippen LogP contribution in [0.25, 0.3) is 0 Å². The average molecular weight is 469 g/mol. The van der Waals surface area contributed by atoms with Crippen LogP contribution in [-0.4, -0.2) is 27.8 Å². The molecule has 1 fully saturated rings. The molecule has 0 atom stereocenters. The summed E-state index contributed by atoms with van der Waals surface area (Å²) in [5, 5.41) is 13.6. The minimum absolute atomic E-state index is 0.00858. The molecule has 31 heavy (non-hydrogen) atoms. The molecule has 1 aromatic heterocycles. The van der Waals surface area contributed by atoms with E-state index in [2.05, 4.69) is 27.8 Å². The summed E-state index contributed by atoms with van der Waals surface area (Å²) in [7, 11) is 0. The molecule has 1 aliphatic rings. The predicted molar refractivity (Wildman–Crippen MR) is 119 cm³/mol. The minimum Gasteiger partial charge on any atom is -0.323 e. The molecule has 0 unspecified atom stereocenters. The summed E-state index contributed by atoms with van der Waals surface area (Å²) in [4.78, 5) is 24.5. The first kappa shape index (κ1) is 23.6. The third kappa shape index (κ3) is 7.24. The maximum absolute atomic E-state index is 13.6. The number of hydrogen-bond donors (Lipinski definition) is 2. The molecule has 0 saturated heterocycles. The highest BCUT2D eigenvalue weighted by atomic mass is 32.2. The van der Waals surface area contributed by atoms with E-state index in [1.54, 1.807) is 0 Å². The van der Waals surface area contributed by atoms with Crippen molar-refractivity contribution in [3.05, 3.63) is 29.8 Å². The summed E-state index contributed by atoms with van der Waals surface area (Å²) in [5.74, 6) is -1.28. The van der Waals surface area contributed by atoms with Gasteiger partial charge in [-0.3, -0.25) is 9.59 Å². The number of halogens is 2. The molecule has 0 radical (unpaired) electrons. The zero-order valence-electron chi connectivity index (χ0n) is 17.3. The molecule has 0 bridgehead atoms. The second kappa shape index (κ2) is 11.5. The zero-order valence-corrected chi connectivity index (χ0v) is 19.0. The van der Waals surface area contributed by atoms with Gasteiger partial charge in [0.1, 0.15) is 11.6 Å². The maximum atomic E-state index is 13.6. The zero-order chi connectivity index (χ0) is 22.2. The van der Waals surface area contributed by atoms with Crippen molar-refractivity contribution in [1.82, 2.24) is 10.2 Å². The second-order valence-electron chi connectivity index (χ2n) is 7.68. The molecule has 2 aromatic rings. The Morgan fingerprint density at radius 1 is 1.16 bits per heavy atom. The molecule has 6 nitrogen and oxygen atoms in total. The van der Waals surface area contributed by atoms with Gasteiger partial charge < -0.3 is 10.6 Å². The lowest BCUT2D eigenvalue weighted by Crippen LogP contribution is -2.27. The topological polar surface area (TPSA) is 84.0 Å². The summed E-state index contributed by atoms with van der Waals surface area (Å²) in [6.45, 7) is 2.20. The SMILES string of the molecule is CCCCC1CCC(C(=O)Nc2nnc(SCC(=O)Nc3ccc(F)cc3F)s2)CC1. The quantitative estimate of drug-likeness (QED) is 0.376. The number of benzene rings is 1. The highest BCUT2D eigenvalue weighted by Crippen LogP contribution is 2.33. The lowest BCUT2D eigenvalue weighted by atomic mass is 9.79. The summed E-state index contributed by atoms with van der Waals surface area (Å²) >= 11 is 2.33. The van der Waals surface area contributed by atoms with Crippen molar-refractivity contribution in [2.45, 2.75) is 56.2 Å². The van der Waals surface area contributed by atoms with Crippen LogP contribution in [0.2, 0.25) is 0 Å². The normalized spacial score (nSPS) is 18.5. The first-order valence-electron chi connectivity index (χ1n) is 10.5. The van der Waals surface area contributed by atoms with E-state index in [-0.39, 0.29) is 23.3 Å². The van der Waals surface area contributed by atoms with E-state index in [0.29, 0.717) is 15.5 Å². The molecular weight excluding hydrogens is 442 g/mol. The third-order valence-corrected chi connectivity index (χ3v) is 7.32. The van der Waals surface area contributed by atoms with Crippen LogP contribution in [0.4, 0.5) is 19.6 Å². The molecule has 2 amide bonds. The van der Waals surface area contributed by atoms with Crippen molar-refractivity contribution in [1.29, 1.82) is 0 Å². The van der Waals surface area contributed by atoms with Crippen molar-refractivity contribution in [3.8, 4) is 0 Å². The highest BCUT2D eigenvalue weighted by molar-refractivity contribution is 8.01. The molecule has 1 heterocycles. The van der Waals surface area contributed by atoms with Crippen molar-refractivity contribution < 1.29 is 18.4 Å². The summed E-state index contributed by atoms with van der Waals surface area (Å²) in [6.07, 6.45) is 7.72. The first-order chi connectivity index (χ1) is 14.9. The Balaban J connectivity index is 1.42. The number of nitrogens with one attached hydrogen (secondary N) is 2. The van der Waals surface area contributed by atoms with E-state index in [9.17, 15) is 18.4 Å². The molecule has 10 heteroatoms. The minimum atomic E-state index is -0.835. The van der Waals surface area contributed by atoms with Gasteiger partial charge in [0.05, 0.1) is 11.4 Å². The fourth-order valence-electron chi connectivity index (χ4n) is 3.64. The van der Waals surface area contributed by atoms with Crippen molar-refractivity contribution in [3.63, 3.8) is 0 Å². The van der Waals surface area contributed by atoms with Crippen molar-refractivity contribution in [2.75, 3.05) is 16.4 Å². The Labute approximate surface area is 188 Å². The van der Waals surface area contributed by atoms with Crippen LogP contribution < -0.4 is 10.6 Å². The van der Waals surface area contributed by atoms with E-state index >= 15 is 0 Å². The number of aromatic nitrogens is 2. The Kier molecular flexibility index (Phi) is 8.77. The van der Waals surface area contributed by atoms with Crippen LogP contribution in [0.5, 0.6) is 0 Å². The molecule has 0 spiro atoms. The van der Waals surface area contributed by atoms with Gasteiger partial charge in [-0.25, -0.2) is 8.78 Å². The molecule has 1 saturated carbocycles. The van der Waals surface area contributed by atoms with Gasteiger partial charge in [-0.2, -0.15) is 0 Å². The molecule has 1 aromatic carbocycles. The highest BCUT2D eigenvalue weighted by Gasteiger charge is 2.26. The summed E-state index contributed by atoms with van der Waals surface area (Å²) in [5.41, 5.74) is -0.0818. The molecular formula is C21H26F2N4O2S2. The molecule has 2 N–H and O–H groups in total. The third-order valence-electron chi connectivity index (χ3n) is 5.35. The van der Waals surface area contributed by atoms with Crippen molar-refractivity contribution in [2.24, 2.45) is 11.8 Å².